The molecule has 0 spiro atoms. The fourth-order valence-electron chi connectivity index (χ4n) is 4.61. The Morgan fingerprint density at radius 3 is 2.35 bits per heavy atom. The van der Waals surface area contributed by atoms with Gasteiger partial charge in [-0.15, -0.1) is 0 Å². The van der Waals surface area contributed by atoms with E-state index in [1.165, 1.54) is 35.9 Å². The number of pyridine rings is 2. The third kappa shape index (κ3) is 5.96. The van der Waals surface area contributed by atoms with Crippen molar-refractivity contribution in [3.8, 4) is 0 Å². The molecule has 1 saturated carbocycles. The fourth-order valence-corrected chi connectivity index (χ4v) is 4.83. The van der Waals surface area contributed by atoms with Crippen molar-refractivity contribution in [3.05, 3.63) is 57.6 Å². The van der Waals surface area contributed by atoms with Crippen molar-refractivity contribution < 1.29 is 38.0 Å². The molecule has 1 fully saturated rings. The maximum absolute atomic E-state index is 13.5. The van der Waals surface area contributed by atoms with Gasteiger partial charge in [-0.3, -0.25) is 4.57 Å². The molecule has 0 saturated heterocycles. The molecule has 0 unspecified atom stereocenters. The zero-order valence-electron chi connectivity index (χ0n) is 20.8. The van der Waals surface area contributed by atoms with E-state index in [0.717, 1.165) is 25.1 Å². The summed E-state index contributed by atoms with van der Waals surface area (Å²) in [7, 11) is 1.22. The number of fused-ring (bicyclic) bond motifs is 2. The summed E-state index contributed by atoms with van der Waals surface area (Å²) >= 11 is 5.83. The Hall–Kier alpha value is -3.92. The maximum atomic E-state index is 13.5. The molecular formula is C24H24ClF3N6O6. The van der Waals surface area contributed by atoms with Crippen LogP contribution in [0.25, 0.3) is 21.9 Å². The van der Waals surface area contributed by atoms with E-state index in [1.807, 2.05) is 0 Å². The van der Waals surface area contributed by atoms with Crippen molar-refractivity contribution in [2.45, 2.75) is 44.0 Å². The molecule has 0 bridgehead atoms. The molecule has 4 aromatic rings. The Morgan fingerprint density at radius 2 is 1.77 bits per heavy atom. The zero-order valence-corrected chi connectivity index (χ0v) is 21.6. The highest BCUT2D eigenvalue weighted by molar-refractivity contribution is 6.31. The van der Waals surface area contributed by atoms with E-state index in [0.29, 0.717) is 17.4 Å². The molecule has 6 N–H and O–H groups in total. The number of rotatable bonds is 4. The molecule has 0 aliphatic heterocycles. The smallest absolute Gasteiger partial charge is 0.418 e. The molecule has 1 amide bonds. The molecule has 214 valence electrons. The van der Waals surface area contributed by atoms with Crippen LogP contribution < -0.4 is 16.7 Å². The predicted octanol–water partition coefficient (Wildman–Crippen LogP) is 3.53. The molecule has 0 atom stereocenters. The van der Waals surface area contributed by atoms with E-state index in [9.17, 15) is 38.1 Å². The third-order valence-corrected chi connectivity index (χ3v) is 6.49. The number of nitrogens with one attached hydrogen (secondary N) is 1. The average Bonchev–Trinajstić information content (AvgIpc) is 3.48. The second kappa shape index (κ2) is 10.9. The number of methoxy groups -OCH3 is 1. The van der Waals surface area contributed by atoms with Gasteiger partial charge in [0.05, 0.1) is 35.4 Å². The van der Waals surface area contributed by atoms with Crippen molar-refractivity contribution in [1.29, 1.82) is 0 Å². The van der Waals surface area contributed by atoms with Crippen molar-refractivity contribution >= 4 is 51.3 Å². The number of hydrogen-bond acceptors (Lipinski definition) is 9. The van der Waals surface area contributed by atoms with Gasteiger partial charge >= 0.3 is 24.1 Å². The predicted molar refractivity (Wildman–Crippen MR) is 138 cm³/mol. The summed E-state index contributed by atoms with van der Waals surface area (Å²) in [6.45, 7) is 0. The van der Waals surface area contributed by atoms with Gasteiger partial charge in [-0.25, -0.2) is 24.1 Å². The van der Waals surface area contributed by atoms with E-state index in [-0.39, 0.29) is 44.6 Å². The van der Waals surface area contributed by atoms with E-state index >= 15 is 0 Å². The van der Waals surface area contributed by atoms with Crippen LogP contribution in [0, 0.1) is 0 Å². The molecule has 1 aromatic carbocycles. The van der Waals surface area contributed by atoms with Crippen LogP contribution in [0.3, 0.4) is 0 Å². The second-order valence-electron chi connectivity index (χ2n) is 8.95. The normalized spacial score (nSPS) is 14.3. The van der Waals surface area contributed by atoms with Crippen LogP contribution in [0.1, 0.15) is 37.3 Å². The number of primary amides is 1. The number of halogens is 4. The summed E-state index contributed by atoms with van der Waals surface area (Å²) in [5.41, 5.74) is 2.57. The number of benzene rings is 1. The first-order valence-corrected chi connectivity index (χ1v) is 12.2. The monoisotopic (exact) mass is 584 g/mol. The minimum atomic E-state index is -4.67. The van der Waals surface area contributed by atoms with Crippen molar-refractivity contribution in [3.63, 3.8) is 0 Å². The number of ether oxygens (including phenoxy) is 1. The number of alkyl halides is 3. The number of hydrogen-bond donors (Lipinski definition) is 5. The van der Waals surface area contributed by atoms with Gasteiger partial charge < -0.3 is 31.1 Å². The molecule has 3 heterocycles. The first-order valence-electron chi connectivity index (χ1n) is 11.8. The third-order valence-electron chi connectivity index (χ3n) is 6.27. The van der Waals surface area contributed by atoms with Gasteiger partial charge in [-0.1, -0.05) is 24.4 Å². The average molecular weight is 585 g/mol. The lowest BCUT2D eigenvalue weighted by Gasteiger charge is -2.15. The molecular weight excluding hydrogens is 561 g/mol. The summed E-state index contributed by atoms with van der Waals surface area (Å²) in [5.74, 6) is 0.211. The summed E-state index contributed by atoms with van der Waals surface area (Å²) < 4.78 is 46.3. The SMILES string of the molecule is COC(N)=O.O=c1n(C2CCCC2)c2cc(Nc3ccc4cc(Cl)cc(C(F)(F)F)c4n3)ncc2n1C(O)(O)O. The largest absolute Gasteiger partial charge is 0.453 e. The summed E-state index contributed by atoms with van der Waals surface area (Å²) in [6.07, 6.45) is -4.55. The fraction of sp³-hybridized carbons (Fsp3) is 0.333. The molecule has 3 aromatic heterocycles. The summed E-state index contributed by atoms with van der Waals surface area (Å²) in [5, 5.41) is 32.2. The number of carbonyl (C=O) groups excluding carboxylic acids is 1. The van der Waals surface area contributed by atoms with Gasteiger partial charge in [0.15, 0.2) is 0 Å². The number of carbonyl (C=O) groups is 1. The Bertz CT molecular complexity index is 1630. The molecule has 0 radical (unpaired) electrons. The van der Waals surface area contributed by atoms with Crippen LogP contribution in [-0.4, -0.2) is 47.6 Å². The van der Waals surface area contributed by atoms with Crippen LogP contribution in [0.2, 0.25) is 5.02 Å². The van der Waals surface area contributed by atoms with E-state index in [1.54, 1.807) is 0 Å². The van der Waals surface area contributed by atoms with Gasteiger partial charge in [-0.05, 0) is 37.1 Å². The number of aliphatic hydroxyl groups is 3. The molecule has 1 aliphatic carbocycles. The van der Waals surface area contributed by atoms with Gasteiger partial charge in [0.2, 0.25) is 0 Å². The summed E-state index contributed by atoms with van der Waals surface area (Å²) in [4.78, 5) is 30.6. The van der Waals surface area contributed by atoms with Crippen molar-refractivity contribution in [2.24, 2.45) is 5.73 Å². The number of nitrogens with two attached hydrogens (primary N) is 1. The summed E-state index contributed by atoms with van der Waals surface area (Å²) in [6, 6.07) is 6.30. The molecule has 1 aliphatic rings. The lowest BCUT2D eigenvalue weighted by Crippen LogP contribution is -2.41. The molecule has 16 heteroatoms. The van der Waals surface area contributed by atoms with Crippen LogP contribution in [0.15, 0.2) is 41.3 Å². The maximum Gasteiger partial charge on any atom is 0.418 e. The topological polar surface area (TPSA) is 178 Å². The zero-order chi connectivity index (χ0) is 29.4. The van der Waals surface area contributed by atoms with Gasteiger partial charge in [0, 0.05) is 22.5 Å². The van der Waals surface area contributed by atoms with Crippen LogP contribution >= 0.6 is 11.6 Å². The van der Waals surface area contributed by atoms with Gasteiger partial charge in [-0.2, -0.15) is 13.2 Å². The Morgan fingerprint density at radius 1 is 1.12 bits per heavy atom. The van der Waals surface area contributed by atoms with Gasteiger partial charge in [0.1, 0.15) is 11.6 Å². The van der Waals surface area contributed by atoms with Crippen LogP contribution in [0.5, 0.6) is 0 Å². The Kier molecular flexibility index (Phi) is 7.94. The van der Waals surface area contributed by atoms with Crippen LogP contribution in [0.4, 0.5) is 29.6 Å². The number of aromatic nitrogens is 4. The van der Waals surface area contributed by atoms with Crippen molar-refractivity contribution in [2.75, 3.05) is 12.4 Å². The Balaban J connectivity index is 0.000000681. The van der Waals surface area contributed by atoms with E-state index in [4.69, 9.17) is 11.6 Å². The number of nitrogens with zero attached hydrogens (tertiary/aromatic N) is 4. The minimum Gasteiger partial charge on any atom is -0.453 e. The minimum absolute atomic E-state index is 0.0274. The number of anilines is 2. The standard InChI is InChI=1S/C22H19ClF3N5O4.C2H5NO2/c23-12-7-11-5-6-17(29-19(11)14(8-12)21(24,25)26)28-18-9-15-16(10-27-18)31(22(33,34)35)20(32)30(15)13-3-1-2-4-13;1-5-2(3)4/h5-10,13,33-35H,1-4H2,(H,27,28,29);1H3,(H2,3,4). The number of imidazole rings is 1. The molecule has 12 nitrogen and oxygen atoms in total. The van der Waals surface area contributed by atoms with E-state index in [2.05, 4.69) is 25.8 Å². The van der Waals surface area contributed by atoms with Crippen molar-refractivity contribution in [1.82, 2.24) is 19.1 Å². The highest BCUT2D eigenvalue weighted by Crippen LogP contribution is 2.37. The molecule has 40 heavy (non-hydrogen) atoms. The lowest BCUT2D eigenvalue weighted by atomic mass is 10.1. The first kappa shape index (κ1) is 29.1. The highest BCUT2D eigenvalue weighted by Gasteiger charge is 2.34. The van der Waals surface area contributed by atoms with Gasteiger partial charge in [0.25, 0.3) is 0 Å². The lowest BCUT2D eigenvalue weighted by molar-refractivity contribution is -0.374. The van der Waals surface area contributed by atoms with Crippen LogP contribution in [-0.2, 0) is 17.0 Å². The Labute approximate surface area is 228 Å². The highest BCUT2D eigenvalue weighted by atomic mass is 35.5. The second-order valence-corrected chi connectivity index (χ2v) is 9.39. The first-order chi connectivity index (χ1) is 18.7. The van der Waals surface area contributed by atoms with E-state index < -0.39 is 29.6 Å². The molecule has 5 rings (SSSR count). The quantitative estimate of drug-likeness (QED) is 0.224. The number of amides is 1.